The molecule has 6 nitrogen and oxygen atoms in total. The Morgan fingerprint density at radius 3 is 2.71 bits per heavy atom. The quantitative estimate of drug-likeness (QED) is 0.618. The van der Waals surface area contributed by atoms with Gasteiger partial charge in [-0.15, -0.1) is 10.2 Å². The molecule has 142 valence electrons. The molecular formula is C20H18ClN5OS. The number of thioether (sulfide) groups is 1. The first-order valence-corrected chi connectivity index (χ1v) is 9.83. The normalized spacial score (nSPS) is 11.6. The highest BCUT2D eigenvalue weighted by Crippen LogP contribution is 2.25. The molecule has 0 unspecified atom stereocenters. The lowest BCUT2D eigenvalue weighted by molar-refractivity contribution is -0.115. The molecule has 1 N–H and O–H groups in total. The summed E-state index contributed by atoms with van der Waals surface area (Å²) in [5, 5.41) is 20.8. The van der Waals surface area contributed by atoms with Crippen LogP contribution < -0.4 is 5.32 Å². The average Bonchev–Trinajstić information content (AvgIpc) is 3.02. The minimum Gasteiger partial charge on any atom is -0.325 e. The first kappa shape index (κ1) is 19.9. The van der Waals surface area contributed by atoms with Crippen LogP contribution in [-0.2, 0) is 18.3 Å². The number of halogens is 1. The van der Waals surface area contributed by atoms with Gasteiger partial charge in [0.25, 0.3) is 0 Å². The van der Waals surface area contributed by atoms with Crippen LogP contribution in [0.2, 0.25) is 5.02 Å². The average molecular weight is 412 g/mol. The van der Waals surface area contributed by atoms with E-state index in [4.69, 9.17) is 16.9 Å². The molecule has 0 aliphatic heterocycles. The fourth-order valence-electron chi connectivity index (χ4n) is 2.52. The van der Waals surface area contributed by atoms with Gasteiger partial charge in [-0.2, -0.15) is 5.26 Å². The fraction of sp³-hybridized carbons (Fsp3) is 0.200. The van der Waals surface area contributed by atoms with E-state index in [1.807, 2.05) is 48.0 Å². The molecule has 1 atom stereocenters. The standard InChI is InChI=1S/C20H18ClN5OS/c1-13(19(27)23-16-9-8-15(12-22)17(21)11-16)28-20-25-24-18(26(20)2)10-14-6-4-3-5-7-14/h3-9,11,13H,10H2,1-2H3,(H,23,27)/t13-/m1/s1. The molecule has 0 saturated carbocycles. The molecule has 0 aliphatic carbocycles. The zero-order valence-corrected chi connectivity index (χ0v) is 17.0. The monoisotopic (exact) mass is 411 g/mol. The summed E-state index contributed by atoms with van der Waals surface area (Å²) in [4.78, 5) is 12.5. The van der Waals surface area contributed by atoms with E-state index in [9.17, 15) is 4.79 Å². The number of benzene rings is 2. The summed E-state index contributed by atoms with van der Waals surface area (Å²) in [5.41, 5.74) is 2.06. The third-order valence-corrected chi connectivity index (χ3v) is 5.59. The zero-order chi connectivity index (χ0) is 20.1. The number of hydrogen-bond donors (Lipinski definition) is 1. The summed E-state index contributed by atoms with van der Waals surface area (Å²) in [5.74, 6) is 0.651. The van der Waals surface area contributed by atoms with Crippen LogP contribution in [0.25, 0.3) is 0 Å². The molecule has 0 fully saturated rings. The molecule has 0 bridgehead atoms. The maximum Gasteiger partial charge on any atom is 0.237 e. The number of rotatable bonds is 6. The molecule has 3 rings (SSSR count). The van der Waals surface area contributed by atoms with Crippen LogP contribution in [0.4, 0.5) is 5.69 Å². The highest BCUT2D eigenvalue weighted by atomic mass is 35.5. The predicted octanol–water partition coefficient (Wildman–Crippen LogP) is 4.05. The topological polar surface area (TPSA) is 83.6 Å². The van der Waals surface area contributed by atoms with Crippen molar-refractivity contribution in [3.63, 3.8) is 0 Å². The minimum atomic E-state index is -0.387. The maximum absolute atomic E-state index is 12.5. The summed E-state index contributed by atoms with van der Waals surface area (Å²) < 4.78 is 1.90. The van der Waals surface area contributed by atoms with Crippen LogP contribution in [-0.4, -0.2) is 25.9 Å². The highest BCUT2D eigenvalue weighted by molar-refractivity contribution is 8.00. The minimum absolute atomic E-state index is 0.182. The van der Waals surface area contributed by atoms with Crippen molar-refractivity contribution < 1.29 is 4.79 Å². The van der Waals surface area contributed by atoms with Crippen LogP contribution in [0, 0.1) is 11.3 Å². The van der Waals surface area contributed by atoms with Gasteiger partial charge in [-0.3, -0.25) is 4.79 Å². The van der Waals surface area contributed by atoms with Crippen LogP contribution in [0.15, 0.2) is 53.7 Å². The van der Waals surface area contributed by atoms with E-state index in [0.29, 0.717) is 27.9 Å². The van der Waals surface area contributed by atoms with Gasteiger partial charge in [0.2, 0.25) is 5.91 Å². The van der Waals surface area contributed by atoms with Crippen molar-refractivity contribution in [2.45, 2.75) is 23.8 Å². The van der Waals surface area contributed by atoms with Crippen molar-refractivity contribution in [2.24, 2.45) is 7.05 Å². The second kappa shape index (κ2) is 8.91. The van der Waals surface area contributed by atoms with Crippen molar-refractivity contribution in [3.8, 4) is 6.07 Å². The van der Waals surface area contributed by atoms with Gasteiger partial charge in [0.05, 0.1) is 15.8 Å². The second-order valence-electron chi connectivity index (χ2n) is 6.18. The molecule has 28 heavy (non-hydrogen) atoms. The van der Waals surface area contributed by atoms with Crippen LogP contribution in [0.3, 0.4) is 0 Å². The number of hydrogen-bond acceptors (Lipinski definition) is 5. The molecule has 1 aromatic heterocycles. The number of carbonyl (C=O) groups is 1. The van der Waals surface area contributed by atoms with Gasteiger partial charge in [0.15, 0.2) is 5.16 Å². The number of nitrogens with one attached hydrogen (secondary N) is 1. The van der Waals surface area contributed by atoms with Crippen LogP contribution in [0.5, 0.6) is 0 Å². The summed E-state index contributed by atoms with van der Waals surface area (Å²) in [6, 6.07) is 16.8. The van der Waals surface area contributed by atoms with E-state index >= 15 is 0 Å². The van der Waals surface area contributed by atoms with E-state index in [2.05, 4.69) is 15.5 Å². The molecule has 0 aliphatic rings. The van der Waals surface area contributed by atoms with Crippen molar-refractivity contribution in [3.05, 3.63) is 70.5 Å². The molecule has 0 saturated heterocycles. The molecule has 3 aromatic rings. The van der Waals surface area contributed by atoms with Crippen molar-refractivity contribution in [2.75, 3.05) is 5.32 Å². The van der Waals surface area contributed by atoms with E-state index in [1.165, 1.54) is 11.8 Å². The van der Waals surface area contributed by atoms with Gasteiger partial charge < -0.3 is 9.88 Å². The third-order valence-electron chi connectivity index (χ3n) is 4.14. The number of nitrogens with zero attached hydrogens (tertiary/aromatic N) is 4. The second-order valence-corrected chi connectivity index (χ2v) is 7.89. The van der Waals surface area contributed by atoms with Gasteiger partial charge in [-0.25, -0.2) is 0 Å². The highest BCUT2D eigenvalue weighted by Gasteiger charge is 2.19. The number of nitriles is 1. The Hall–Kier alpha value is -2.82. The lowest BCUT2D eigenvalue weighted by Gasteiger charge is -2.12. The Morgan fingerprint density at radius 1 is 1.29 bits per heavy atom. The van der Waals surface area contributed by atoms with Gasteiger partial charge in [0.1, 0.15) is 11.9 Å². The Labute approximate surface area is 172 Å². The van der Waals surface area contributed by atoms with Gasteiger partial charge in [0, 0.05) is 19.2 Å². The molecule has 1 heterocycles. The lowest BCUT2D eigenvalue weighted by atomic mass is 10.1. The number of carbonyl (C=O) groups excluding carboxylic acids is 1. The number of anilines is 1. The van der Waals surface area contributed by atoms with Gasteiger partial charge in [-0.05, 0) is 30.7 Å². The summed E-state index contributed by atoms with van der Waals surface area (Å²) in [6.07, 6.45) is 0.676. The van der Waals surface area contributed by atoms with Gasteiger partial charge in [-0.1, -0.05) is 53.7 Å². The first-order chi connectivity index (χ1) is 13.5. The summed E-state index contributed by atoms with van der Waals surface area (Å²) >= 11 is 7.34. The largest absolute Gasteiger partial charge is 0.325 e. The molecule has 2 aromatic carbocycles. The van der Waals surface area contributed by atoms with Crippen molar-refractivity contribution in [1.82, 2.24) is 14.8 Å². The third kappa shape index (κ3) is 4.71. The van der Waals surface area contributed by atoms with Crippen LogP contribution >= 0.6 is 23.4 Å². The lowest BCUT2D eigenvalue weighted by Crippen LogP contribution is -2.22. The molecule has 0 spiro atoms. The Balaban J connectivity index is 1.64. The van der Waals surface area contributed by atoms with Crippen molar-refractivity contribution in [1.29, 1.82) is 5.26 Å². The molecule has 0 radical (unpaired) electrons. The Bertz CT molecular complexity index is 1030. The van der Waals surface area contributed by atoms with Crippen LogP contribution in [0.1, 0.15) is 23.9 Å². The van der Waals surface area contributed by atoms with Gasteiger partial charge >= 0.3 is 0 Å². The molecule has 1 amide bonds. The molecule has 8 heteroatoms. The summed E-state index contributed by atoms with van der Waals surface area (Å²) in [6.45, 7) is 1.80. The maximum atomic E-state index is 12.5. The Morgan fingerprint density at radius 2 is 2.04 bits per heavy atom. The SMILES string of the molecule is C[C@@H](Sc1nnc(Cc2ccccc2)n1C)C(=O)Nc1ccc(C#N)c(Cl)c1. The summed E-state index contributed by atoms with van der Waals surface area (Å²) in [7, 11) is 1.89. The first-order valence-electron chi connectivity index (χ1n) is 8.57. The zero-order valence-electron chi connectivity index (χ0n) is 15.4. The molecular weight excluding hydrogens is 394 g/mol. The smallest absolute Gasteiger partial charge is 0.237 e. The number of amides is 1. The van der Waals surface area contributed by atoms with E-state index in [-0.39, 0.29) is 11.2 Å². The van der Waals surface area contributed by atoms with E-state index in [0.717, 1.165) is 11.4 Å². The van der Waals surface area contributed by atoms with Crippen molar-refractivity contribution >= 4 is 35.0 Å². The van der Waals surface area contributed by atoms with E-state index < -0.39 is 0 Å². The predicted molar refractivity (Wildman–Crippen MR) is 110 cm³/mol. The fourth-order valence-corrected chi connectivity index (χ4v) is 3.58. The Kier molecular flexibility index (Phi) is 6.34. The van der Waals surface area contributed by atoms with E-state index in [1.54, 1.807) is 25.1 Å². The number of aromatic nitrogens is 3.